The molecule has 25 heavy (non-hydrogen) atoms. The molecule has 6 heteroatoms. The van der Waals surface area contributed by atoms with Crippen LogP contribution in [0.1, 0.15) is 18.1 Å². The number of amidine groups is 1. The summed E-state index contributed by atoms with van der Waals surface area (Å²) in [5.41, 5.74) is 3.14. The van der Waals surface area contributed by atoms with Crippen molar-refractivity contribution in [1.82, 2.24) is 5.32 Å². The van der Waals surface area contributed by atoms with Crippen molar-refractivity contribution in [3.8, 4) is 6.19 Å². The number of nitrogens with zero attached hydrogens (tertiary/aromatic N) is 2. The molecule has 0 radical (unpaired) electrons. The van der Waals surface area contributed by atoms with Gasteiger partial charge < -0.3 is 1.43 Å². The minimum absolute atomic E-state index is 0. The first-order valence-electron chi connectivity index (χ1n) is 7.25. The van der Waals surface area contributed by atoms with E-state index in [1.807, 2.05) is 60.7 Å². The van der Waals surface area contributed by atoms with Crippen LogP contribution in [0.4, 0.5) is 0 Å². The van der Waals surface area contributed by atoms with Crippen molar-refractivity contribution in [2.45, 2.75) is 0 Å². The summed E-state index contributed by atoms with van der Waals surface area (Å²) in [6, 6.07) is 18.0. The molecule has 1 amide bonds. The number of carbonyl (C=O) groups excluding carboxylic acids is 1. The average molecular weight is 355 g/mol. The van der Waals surface area contributed by atoms with Gasteiger partial charge in [-0.15, -0.1) is 4.99 Å². The maximum atomic E-state index is 11.8. The van der Waals surface area contributed by atoms with E-state index >= 15 is 0 Å². The molecule has 2 aromatic carbocycles. The van der Waals surface area contributed by atoms with Crippen LogP contribution < -0.4 is 34.9 Å². The molecule has 4 nitrogen and oxygen atoms in total. The molecule has 0 atom stereocenters. The first kappa shape index (κ1) is 19.2. The molecular formula is C19H14N3NaOS. The van der Waals surface area contributed by atoms with Gasteiger partial charge in [0, 0.05) is 0 Å². The van der Waals surface area contributed by atoms with Crippen LogP contribution >= 0.6 is 11.8 Å². The van der Waals surface area contributed by atoms with Crippen LogP contribution in [-0.4, -0.2) is 11.1 Å². The number of hydrogen-bond donors (Lipinski definition) is 1. The van der Waals surface area contributed by atoms with Gasteiger partial charge in [0.2, 0.25) is 6.19 Å². The molecular weight excluding hydrogens is 341 g/mol. The second-order valence-electron chi connectivity index (χ2n) is 4.99. The normalized spacial score (nSPS) is 16.7. The van der Waals surface area contributed by atoms with Crippen molar-refractivity contribution in [2.24, 2.45) is 4.99 Å². The van der Waals surface area contributed by atoms with Gasteiger partial charge in [-0.2, -0.15) is 5.26 Å². The molecule has 1 fully saturated rings. The summed E-state index contributed by atoms with van der Waals surface area (Å²) in [6.45, 7) is 0. The molecule has 0 aromatic heterocycles. The monoisotopic (exact) mass is 355 g/mol. The van der Waals surface area contributed by atoms with Crippen LogP contribution in [0.3, 0.4) is 0 Å². The molecule has 0 bridgehead atoms. The third-order valence-corrected chi connectivity index (χ3v) is 4.21. The predicted molar refractivity (Wildman–Crippen MR) is 99.7 cm³/mol. The van der Waals surface area contributed by atoms with E-state index in [4.69, 9.17) is 5.26 Å². The van der Waals surface area contributed by atoms with Gasteiger partial charge in [0.25, 0.3) is 5.91 Å². The zero-order valence-electron chi connectivity index (χ0n) is 14.6. The maximum absolute atomic E-state index is 11.8. The molecule has 0 saturated carbocycles. The van der Waals surface area contributed by atoms with E-state index in [0.29, 0.717) is 10.1 Å². The Morgan fingerprint density at radius 1 is 1.00 bits per heavy atom. The second kappa shape index (κ2) is 9.40. The number of nitriles is 1. The molecule has 1 aliphatic heterocycles. The van der Waals surface area contributed by atoms with Gasteiger partial charge in [-0.1, -0.05) is 66.7 Å². The Kier molecular flexibility index (Phi) is 7.23. The zero-order chi connectivity index (χ0) is 16.8. The van der Waals surface area contributed by atoms with Crippen LogP contribution in [0.25, 0.3) is 18.2 Å². The molecule has 0 unspecified atom stereocenters. The quantitative estimate of drug-likeness (QED) is 0.387. The molecule has 0 aliphatic carbocycles. The second-order valence-corrected chi connectivity index (χ2v) is 6.02. The summed E-state index contributed by atoms with van der Waals surface area (Å²) >= 11 is 1.16. The molecule has 1 aliphatic rings. The van der Waals surface area contributed by atoms with Crippen molar-refractivity contribution < 1.29 is 35.8 Å². The van der Waals surface area contributed by atoms with E-state index in [2.05, 4.69) is 16.4 Å². The van der Waals surface area contributed by atoms with E-state index < -0.39 is 0 Å². The standard InChI is InChI=1S/C19H13N3OS.Na.H/c20-13-21-19-22-18(23)17(24-19)12-16-10-8-15(9-11-16)7-6-14-4-2-1-3-5-14;;/h1-12H,(H,21,22,23);;/q;+1;-1/b7-6+,17-12+;;. The summed E-state index contributed by atoms with van der Waals surface area (Å²) < 4.78 is 0. The minimum atomic E-state index is -0.234. The van der Waals surface area contributed by atoms with E-state index in [1.54, 1.807) is 12.3 Å². The topological polar surface area (TPSA) is 65.2 Å². The Bertz CT molecular complexity index is 887. The Labute approximate surface area is 174 Å². The predicted octanol–water partition coefficient (Wildman–Crippen LogP) is 1.01. The van der Waals surface area contributed by atoms with Crippen LogP contribution in [0.2, 0.25) is 0 Å². The number of benzene rings is 2. The summed E-state index contributed by atoms with van der Waals surface area (Å²) in [6.07, 6.45) is 7.55. The van der Waals surface area contributed by atoms with Crippen LogP contribution in [0.5, 0.6) is 0 Å². The van der Waals surface area contributed by atoms with Gasteiger partial charge in [-0.25, -0.2) is 0 Å². The molecule has 118 valence electrons. The number of hydrogen-bond acceptors (Lipinski definition) is 4. The maximum Gasteiger partial charge on any atom is 1.00 e. The SMILES string of the molecule is N#CN=C1NC(=O)/C(=C\c2ccc(/C=C/c3ccccc3)cc2)S1.[H-].[Na+]. The zero-order valence-corrected chi connectivity index (χ0v) is 16.5. The molecule has 1 heterocycles. The van der Waals surface area contributed by atoms with Gasteiger partial charge in [0.15, 0.2) is 5.17 Å². The third-order valence-electron chi connectivity index (χ3n) is 3.30. The summed E-state index contributed by atoms with van der Waals surface area (Å²) in [7, 11) is 0. The number of aliphatic imine (C=N–C) groups is 1. The van der Waals surface area contributed by atoms with Crippen LogP contribution in [-0.2, 0) is 4.79 Å². The van der Waals surface area contributed by atoms with Gasteiger partial charge >= 0.3 is 29.6 Å². The van der Waals surface area contributed by atoms with Crippen LogP contribution in [0, 0.1) is 11.5 Å². The molecule has 2 aromatic rings. The minimum Gasteiger partial charge on any atom is -1.00 e. The first-order valence-corrected chi connectivity index (χ1v) is 8.07. The van der Waals surface area contributed by atoms with Crippen molar-refractivity contribution in [2.75, 3.05) is 0 Å². The largest absolute Gasteiger partial charge is 1.00 e. The third kappa shape index (κ3) is 5.45. The fraction of sp³-hybridized carbons (Fsp3) is 0. The molecule has 1 N–H and O–H groups in total. The Morgan fingerprint density at radius 2 is 1.60 bits per heavy atom. The Morgan fingerprint density at radius 3 is 2.24 bits per heavy atom. The Balaban J connectivity index is 0.00000169. The smallest absolute Gasteiger partial charge is 1.00 e. The van der Waals surface area contributed by atoms with E-state index in [0.717, 1.165) is 28.5 Å². The fourth-order valence-electron chi connectivity index (χ4n) is 2.14. The first-order chi connectivity index (χ1) is 11.7. The Hall–Kier alpha value is -2.10. The van der Waals surface area contributed by atoms with Crippen molar-refractivity contribution >= 4 is 41.1 Å². The van der Waals surface area contributed by atoms with Gasteiger partial charge in [0.05, 0.1) is 4.91 Å². The fourth-order valence-corrected chi connectivity index (χ4v) is 2.91. The number of nitrogens with one attached hydrogen (secondary N) is 1. The number of thioether (sulfide) groups is 1. The van der Waals surface area contributed by atoms with E-state index in [-0.39, 0.29) is 36.9 Å². The summed E-state index contributed by atoms with van der Waals surface area (Å²) in [5.74, 6) is -0.234. The van der Waals surface area contributed by atoms with Gasteiger partial charge in [0.1, 0.15) is 0 Å². The summed E-state index contributed by atoms with van der Waals surface area (Å²) in [5, 5.41) is 11.4. The van der Waals surface area contributed by atoms with Crippen molar-refractivity contribution in [3.05, 3.63) is 76.2 Å². The molecule has 1 saturated heterocycles. The van der Waals surface area contributed by atoms with Crippen molar-refractivity contribution in [1.29, 1.82) is 5.26 Å². The van der Waals surface area contributed by atoms with Crippen molar-refractivity contribution in [3.63, 3.8) is 0 Å². The molecule has 3 rings (SSSR count). The number of carbonyl (C=O) groups is 1. The van der Waals surface area contributed by atoms with Gasteiger partial charge in [-0.05, 0) is 34.5 Å². The number of amides is 1. The average Bonchev–Trinajstić information content (AvgIpc) is 2.95. The van der Waals surface area contributed by atoms with E-state index in [9.17, 15) is 4.79 Å². The van der Waals surface area contributed by atoms with E-state index in [1.165, 1.54) is 0 Å². The number of rotatable bonds is 3. The van der Waals surface area contributed by atoms with Crippen LogP contribution in [0.15, 0.2) is 64.5 Å². The molecule has 0 spiro atoms. The summed E-state index contributed by atoms with van der Waals surface area (Å²) in [4.78, 5) is 15.8. The van der Waals surface area contributed by atoms with Gasteiger partial charge in [-0.3, -0.25) is 10.1 Å².